The van der Waals surface area contributed by atoms with Crippen LogP contribution in [-0.4, -0.2) is 5.11 Å². The van der Waals surface area contributed by atoms with Crippen LogP contribution < -0.4 is 0 Å². The average molecular weight is 182 g/mol. The highest BCUT2D eigenvalue weighted by Gasteiger charge is 2.08. The van der Waals surface area contributed by atoms with Crippen molar-refractivity contribution in [3.63, 3.8) is 0 Å². The zero-order chi connectivity index (χ0) is 8.97. The van der Waals surface area contributed by atoms with Gasteiger partial charge in [0.2, 0.25) is 0 Å². The van der Waals surface area contributed by atoms with Crippen LogP contribution in [0.5, 0.6) is 0 Å². The van der Waals surface area contributed by atoms with Gasteiger partial charge in [0, 0.05) is 4.88 Å². The summed E-state index contributed by atoms with van der Waals surface area (Å²) in [5.74, 6) is 0. The van der Waals surface area contributed by atoms with Crippen molar-refractivity contribution in [2.24, 2.45) is 0 Å². The van der Waals surface area contributed by atoms with Crippen LogP contribution in [0.1, 0.15) is 30.7 Å². The minimum atomic E-state index is -0.350. The van der Waals surface area contributed by atoms with E-state index in [1.54, 1.807) is 11.3 Å². The minimum Gasteiger partial charge on any atom is -0.387 e. The molecule has 0 aliphatic rings. The molecule has 0 aliphatic heterocycles. The summed E-state index contributed by atoms with van der Waals surface area (Å²) >= 11 is 1.59. The maximum atomic E-state index is 9.66. The standard InChI is InChI=1S/C10H14OS/c1-3-8(2)7-9(11)10-5-4-6-12-10/h4-6,9,11H,2-3,7H2,1H3. The first-order chi connectivity index (χ1) is 5.74. The first-order valence-electron chi connectivity index (χ1n) is 4.12. The van der Waals surface area contributed by atoms with E-state index in [2.05, 4.69) is 13.5 Å². The highest BCUT2D eigenvalue weighted by molar-refractivity contribution is 7.10. The van der Waals surface area contributed by atoms with Gasteiger partial charge in [0.25, 0.3) is 0 Å². The maximum Gasteiger partial charge on any atom is 0.0918 e. The summed E-state index contributed by atoms with van der Waals surface area (Å²) in [4.78, 5) is 1.03. The largest absolute Gasteiger partial charge is 0.387 e. The quantitative estimate of drug-likeness (QED) is 0.709. The van der Waals surface area contributed by atoms with E-state index in [0.29, 0.717) is 6.42 Å². The second kappa shape index (κ2) is 4.43. The summed E-state index contributed by atoms with van der Waals surface area (Å²) < 4.78 is 0. The molecule has 0 saturated heterocycles. The zero-order valence-corrected chi connectivity index (χ0v) is 8.10. The normalized spacial score (nSPS) is 12.8. The number of aliphatic hydroxyl groups excluding tert-OH is 1. The number of hydrogen-bond donors (Lipinski definition) is 1. The van der Waals surface area contributed by atoms with Crippen LogP contribution in [0.25, 0.3) is 0 Å². The summed E-state index contributed by atoms with van der Waals surface area (Å²) in [6.45, 7) is 5.93. The fourth-order valence-corrected chi connectivity index (χ4v) is 1.71. The van der Waals surface area contributed by atoms with Gasteiger partial charge in [-0.05, 0) is 24.3 Å². The topological polar surface area (TPSA) is 20.2 Å². The molecular formula is C10H14OS. The van der Waals surface area contributed by atoms with Crippen molar-refractivity contribution in [3.8, 4) is 0 Å². The van der Waals surface area contributed by atoms with Gasteiger partial charge >= 0.3 is 0 Å². The lowest BCUT2D eigenvalue weighted by Crippen LogP contribution is -1.95. The summed E-state index contributed by atoms with van der Waals surface area (Å²) in [6, 6.07) is 3.91. The predicted octanol–water partition coefficient (Wildman–Crippen LogP) is 3.14. The van der Waals surface area contributed by atoms with Crippen LogP contribution in [0.4, 0.5) is 0 Å². The smallest absolute Gasteiger partial charge is 0.0918 e. The summed E-state index contributed by atoms with van der Waals surface area (Å²) in [6.07, 6.45) is 1.29. The second-order valence-electron chi connectivity index (χ2n) is 2.84. The molecule has 1 heterocycles. The third-order valence-electron chi connectivity index (χ3n) is 1.85. The van der Waals surface area contributed by atoms with Crippen LogP contribution in [-0.2, 0) is 0 Å². The molecule has 1 unspecified atom stereocenters. The Morgan fingerprint density at radius 1 is 1.75 bits per heavy atom. The van der Waals surface area contributed by atoms with Crippen molar-refractivity contribution >= 4 is 11.3 Å². The van der Waals surface area contributed by atoms with Gasteiger partial charge in [-0.15, -0.1) is 11.3 Å². The third kappa shape index (κ3) is 2.47. The second-order valence-corrected chi connectivity index (χ2v) is 3.82. The zero-order valence-electron chi connectivity index (χ0n) is 7.29. The lowest BCUT2D eigenvalue weighted by molar-refractivity contribution is 0.181. The van der Waals surface area contributed by atoms with Crippen LogP contribution in [0, 0.1) is 0 Å². The first-order valence-corrected chi connectivity index (χ1v) is 5.00. The highest BCUT2D eigenvalue weighted by Crippen LogP contribution is 2.24. The van der Waals surface area contributed by atoms with Gasteiger partial charge in [-0.2, -0.15) is 0 Å². The average Bonchev–Trinajstić information content (AvgIpc) is 2.56. The molecule has 0 aliphatic carbocycles. The Morgan fingerprint density at radius 2 is 2.50 bits per heavy atom. The van der Waals surface area contributed by atoms with Crippen molar-refractivity contribution in [2.75, 3.05) is 0 Å². The van der Waals surface area contributed by atoms with Gasteiger partial charge in [0.05, 0.1) is 6.10 Å². The Bertz CT molecular complexity index is 238. The van der Waals surface area contributed by atoms with E-state index in [0.717, 1.165) is 16.9 Å². The Hall–Kier alpha value is -0.600. The summed E-state index contributed by atoms with van der Waals surface area (Å²) in [5, 5.41) is 11.6. The van der Waals surface area contributed by atoms with Gasteiger partial charge in [-0.1, -0.05) is 25.1 Å². The van der Waals surface area contributed by atoms with Crippen LogP contribution in [0.3, 0.4) is 0 Å². The van der Waals surface area contributed by atoms with Crippen molar-refractivity contribution in [1.29, 1.82) is 0 Å². The Kier molecular flexibility index (Phi) is 3.50. The highest BCUT2D eigenvalue weighted by atomic mass is 32.1. The van der Waals surface area contributed by atoms with Crippen molar-refractivity contribution in [3.05, 3.63) is 34.5 Å². The molecule has 0 saturated carbocycles. The van der Waals surface area contributed by atoms with Gasteiger partial charge in [-0.3, -0.25) is 0 Å². The SMILES string of the molecule is C=C(CC)CC(O)c1cccs1. The number of hydrogen-bond acceptors (Lipinski definition) is 2. The van der Waals surface area contributed by atoms with Crippen molar-refractivity contribution < 1.29 is 5.11 Å². The summed E-state index contributed by atoms with van der Waals surface area (Å²) in [5.41, 5.74) is 1.11. The molecule has 0 aromatic carbocycles. The fourth-order valence-electron chi connectivity index (χ4n) is 0.999. The molecule has 1 nitrogen and oxygen atoms in total. The number of aliphatic hydroxyl groups is 1. The molecular weight excluding hydrogens is 168 g/mol. The molecule has 1 rings (SSSR count). The molecule has 2 heteroatoms. The molecule has 1 atom stereocenters. The van der Waals surface area contributed by atoms with Gasteiger partial charge < -0.3 is 5.11 Å². The Morgan fingerprint density at radius 3 is 3.00 bits per heavy atom. The van der Waals surface area contributed by atoms with E-state index < -0.39 is 0 Å². The lowest BCUT2D eigenvalue weighted by atomic mass is 10.1. The molecule has 1 aromatic heterocycles. The van der Waals surface area contributed by atoms with Gasteiger partial charge in [0.15, 0.2) is 0 Å². The van der Waals surface area contributed by atoms with E-state index in [9.17, 15) is 5.11 Å². The Labute approximate surface area is 77.4 Å². The molecule has 0 radical (unpaired) electrons. The van der Waals surface area contributed by atoms with Crippen molar-refractivity contribution in [2.45, 2.75) is 25.9 Å². The van der Waals surface area contributed by atoms with Gasteiger partial charge in [0.1, 0.15) is 0 Å². The van der Waals surface area contributed by atoms with E-state index >= 15 is 0 Å². The van der Waals surface area contributed by atoms with E-state index in [1.165, 1.54) is 0 Å². The van der Waals surface area contributed by atoms with Crippen LogP contribution >= 0.6 is 11.3 Å². The fraction of sp³-hybridized carbons (Fsp3) is 0.400. The molecule has 0 bridgehead atoms. The third-order valence-corrected chi connectivity index (χ3v) is 2.83. The minimum absolute atomic E-state index is 0.350. The summed E-state index contributed by atoms with van der Waals surface area (Å²) in [7, 11) is 0. The molecule has 66 valence electrons. The first kappa shape index (κ1) is 9.49. The van der Waals surface area contributed by atoms with Crippen LogP contribution in [0.2, 0.25) is 0 Å². The predicted molar refractivity (Wildman–Crippen MR) is 53.3 cm³/mol. The molecule has 0 fully saturated rings. The maximum absolute atomic E-state index is 9.66. The van der Waals surface area contributed by atoms with Crippen LogP contribution in [0.15, 0.2) is 29.7 Å². The molecule has 1 N–H and O–H groups in total. The number of rotatable bonds is 4. The number of thiophene rings is 1. The molecule has 0 amide bonds. The van der Waals surface area contributed by atoms with E-state index in [4.69, 9.17) is 0 Å². The monoisotopic (exact) mass is 182 g/mol. The lowest BCUT2D eigenvalue weighted by Gasteiger charge is -2.08. The Balaban J connectivity index is 2.49. The van der Waals surface area contributed by atoms with E-state index in [-0.39, 0.29) is 6.10 Å². The molecule has 12 heavy (non-hydrogen) atoms. The molecule has 0 spiro atoms. The van der Waals surface area contributed by atoms with Gasteiger partial charge in [-0.25, -0.2) is 0 Å². The van der Waals surface area contributed by atoms with E-state index in [1.807, 2.05) is 17.5 Å². The van der Waals surface area contributed by atoms with Crippen molar-refractivity contribution in [1.82, 2.24) is 0 Å². The molecule has 1 aromatic rings.